The molecule has 1 heterocycles. The van der Waals surface area contributed by atoms with E-state index in [1.165, 1.54) is 10.5 Å². The van der Waals surface area contributed by atoms with Crippen LogP contribution in [0.4, 0.5) is 0 Å². The molecular formula is C16H15NOS2. The maximum absolute atomic E-state index is 5.96. The van der Waals surface area contributed by atoms with Gasteiger partial charge in [-0.3, -0.25) is 0 Å². The molecule has 0 fully saturated rings. The third-order valence-electron chi connectivity index (χ3n) is 3.39. The van der Waals surface area contributed by atoms with E-state index in [1.807, 2.05) is 36.0 Å². The van der Waals surface area contributed by atoms with Crippen molar-refractivity contribution in [3.05, 3.63) is 59.7 Å². The molecule has 0 radical (unpaired) electrons. The number of para-hydroxylation sites is 1. The van der Waals surface area contributed by atoms with Gasteiger partial charge in [0.05, 0.1) is 12.2 Å². The average Bonchev–Trinajstić information content (AvgIpc) is 2.88. The first kappa shape index (κ1) is 13.5. The summed E-state index contributed by atoms with van der Waals surface area (Å²) < 4.78 is 5.96. The molecule has 0 bridgehead atoms. The first-order valence-electron chi connectivity index (χ1n) is 6.49. The van der Waals surface area contributed by atoms with Crippen LogP contribution in [0.3, 0.4) is 0 Å². The van der Waals surface area contributed by atoms with Crippen molar-refractivity contribution in [2.24, 2.45) is 5.73 Å². The molecule has 0 amide bonds. The quantitative estimate of drug-likeness (QED) is 0.875. The highest BCUT2D eigenvalue weighted by atomic mass is 32.2. The lowest BCUT2D eigenvalue weighted by Gasteiger charge is -2.14. The minimum Gasteiger partial charge on any atom is -0.492 e. The van der Waals surface area contributed by atoms with E-state index < -0.39 is 0 Å². The molecule has 2 aromatic carbocycles. The average molecular weight is 301 g/mol. The molecule has 1 atom stereocenters. The molecule has 2 aromatic rings. The molecule has 102 valence electrons. The van der Waals surface area contributed by atoms with Crippen LogP contribution in [0.5, 0.6) is 5.75 Å². The number of hydrogen-bond acceptors (Lipinski definition) is 3. The van der Waals surface area contributed by atoms with Crippen molar-refractivity contribution >= 4 is 29.0 Å². The zero-order valence-electron chi connectivity index (χ0n) is 10.9. The van der Waals surface area contributed by atoms with Gasteiger partial charge in [-0.15, -0.1) is 11.8 Å². The smallest absolute Gasteiger partial charge is 0.129 e. The Morgan fingerprint density at radius 1 is 1.20 bits per heavy atom. The van der Waals surface area contributed by atoms with Gasteiger partial charge in [-0.1, -0.05) is 42.5 Å². The Balaban J connectivity index is 1.74. The summed E-state index contributed by atoms with van der Waals surface area (Å²) in [6, 6.07) is 16.2. The van der Waals surface area contributed by atoms with Crippen molar-refractivity contribution in [3.8, 4) is 5.75 Å². The van der Waals surface area contributed by atoms with Crippen LogP contribution >= 0.6 is 24.0 Å². The monoisotopic (exact) mass is 301 g/mol. The number of thioether (sulfide) groups is 1. The lowest BCUT2D eigenvalue weighted by molar-refractivity contribution is 0.297. The van der Waals surface area contributed by atoms with Gasteiger partial charge in [-0.05, 0) is 23.8 Å². The van der Waals surface area contributed by atoms with Crippen molar-refractivity contribution in [3.63, 3.8) is 0 Å². The van der Waals surface area contributed by atoms with E-state index in [1.54, 1.807) is 0 Å². The van der Waals surface area contributed by atoms with Crippen molar-refractivity contribution in [2.45, 2.75) is 10.8 Å². The van der Waals surface area contributed by atoms with E-state index in [4.69, 9.17) is 22.7 Å². The highest BCUT2D eigenvalue weighted by molar-refractivity contribution is 7.99. The van der Waals surface area contributed by atoms with Gasteiger partial charge in [-0.25, -0.2) is 0 Å². The molecule has 1 unspecified atom stereocenters. The van der Waals surface area contributed by atoms with Gasteiger partial charge in [0.1, 0.15) is 10.7 Å². The van der Waals surface area contributed by atoms with Crippen LogP contribution in [-0.2, 0) is 0 Å². The predicted octanol–water partition coefficient (Wildman–Crippen LogP) is 3.59. The molecule has 1 aliphatic rings. The third-order valence-corrected chi connectivity index (χ3v) is 4.86. The number of fused-ring (bicyclic) bond motifs is 1. The summed E-state index contributed by atoms with van der Waals surface area (Å²) in [5.41, 5.74) is 7.91. The fraction of sp³-hybridized carbons (Fsp3) is 0.188. The van der Waals surface area contributed by atoms with E-state index in [0.29, 0.717) is 17.5 Å². The minimum atomic E-state index is 0.377. The lowest BCUT2D eigenvalue weighted by Crippen LogP contribution is -2.14. The lowest BCUT2D eigenvalue weighted by atomic mass is 10.0. The van der Waals surface area contributed by atoms with Crippen LogP contribution in [0.1, 0.15) is 17.0 Å². The second kappa shape index (κ2) is 5.85. The van der Waals surface area contributed by atoms with E-state index in [2.05, 4.69) is 24.3 Å². The van der Waals surface area contributed by atoms with Crippen LogP contribution in [0.25, 0.3) is 0 Å². The fourth-order valence-corrected chi connectivity index (χ4v) is 3.76. The summed E-state index contributed by atoms with van der Waals surface area (Å²) in [7, 11) is 0. The van der Waals surface area contributed by atoms with Crippen LogP contribution in [0.2, 0.25) is 0 Å². The van der Waals surface area contributed by atoms with E-state index >= 15 is 0 Å². The van der Waals surface area contributed by atoms with Crippen molar-refractivity contribution in [2.75, 3.05) is 12.4 Å². The molecule has 0 aromatic heterocycles. The second-order valence-electron chi connectivity index (χ2n) is 4.72. The Morgan fingerprint density at radius 3 is 2.80 bits per heavy atom. The number of nitrogens with two attached hydrogens (primary N) is 1. The molecule has 0 spiro atoms. The Labute approximate surface area is 128 Å². The van der Waals surface area contributed by atoms with Crippen LogP contribution in [-0.4, -0.2) is 17.3 Å². The summed E-state index contributed by atoms with van der Waals surface area (Å²) in [6.07, 6.45) is 0. The van der Waals surface area contributed by atoms with Gasteiger partial charge in [-0.2, -0.15) is 0 Å². The number of hydrogen-bond donors (Lipinski definition) is 1. The molecule has 4 heteroatoms. The Kier molecular flexibility index (Phi) is 3.94. The molecule has 1 aliphatic heterocycles. The van der Waals surface area contributed by atoms with Gasteiger partial charge in [0.15, 0.2) is 0 Å². The van der Waals surface area contributed by atoms with Crippen LogP contribution in [0.15, 0.2) is 53.4 Å². The fourth-order valence-electron chi connectivity index (χ4n) is 2.35. The molecule has 0 saturated carbocycles. The van der Waals surface area contributed by atoms with Gasteiger partial charge in [0.25, 0.3) is 0 Å². The maximum Gasteiger partial charge on any atom is 0.129 e. The molecule has 3 rings (SSSR count). The van der Waals surface area contributed by atoms with Crippen LogP contribution < -0.4 is 10.5 Å². The Morgan fingerprint density at radius 2 is 1.95 bits per heavy atom. The molecule has 2 N–H and O–H groups in total. The summed E-state index contributed by atoms with van der Waals surface area (Å²) in [4.78, 5) is 1.74. The highest BCUT2D eigenvalue weighted by Crippen LogP contribution is 2.39. The maximum atomic E-state index is 5.96. The van der Waals surface area contributed by atoms with Gasteiger partial charge >= 0.3 is 0 Å². The topological polar surface area (TPSA) is 35.2 Å². The zero-order valence-corrected chi connectivity index (χ0v) is 12.5. The van der Waals surface area contributed by atoms with E-state index in [9.17, 15) is 0 Å². The third kappa shape index (κ3) is 2.67. The van der Waals surface area contributed by atoms with Crippen molar-refractivity contribution in [1.82, 2.24) is 0 Å². The van der Waals surface area contributed by atoms with Crippen molar-refractivity contribution < 1.29 is 4.74 Å². The Hall–Kier alpha value is -1.52. The van der Waals surface area contributed by atoms with Gasteiger partial charge < -0.3 is 10.5 Å². The molecule has 0 aliphatic carbocycles. The minimum absolute atomic E-state index is 0.377. The number of ether oxygens (including phenoxy) is 1. The summed E-state index contributed by atoms with van der Waals surface area (Å²) in [5.74, 6) is 2.26. The molecular weight excluding hydrogens is 286 g/mol. The summed E-state index contributed by atoms with van der Waals surface area (Å²) in [5, 5.41) is 0. The van der Waals surface area contributed by atoms with Gasteiger partial charge in [0.2, 0.25) is 0 Å². The van der Waals surface area contributed by atoms with E-state index in [0.717, 1.165) is 17.1 Å². The second-order valence-corrected chi connectivity index (χ2v) is 6.22. The van der Waals surface area contributed by atoms with E-state index in [-0.39, 0.29) is 0 Å². The first-order chi connectivity index (χ1) is 9.75. The normalized spacial score (nSPS) is 16.7. The molecule has 20 heavy (non-hydrogen) atoms. The van der Waals surface area contributed by atoms with Crippen LogP contribution in [0, 0.1) is 0 Å². The first-order valence-corrected chi connectivity index (χ1v) is 7.88. The number of rotatable bonds is 4. The standard InChI is InChI=1S/C16H15NOS2/c17-16(19)13-6-1-3-7-14(13)18-9-11-10-20-15-8-4-2-5-12(11)15/h1-8,11H,9-10H2,(H2,17,19). The summed E-state index contributed by atoms with van der Waals surface area (Å²) >= 11 is 6.95. The van der Waals surface area contributed by atoms with Gasteiger partial charge in [0, 0.05) is 16.6 Å². The largest absolute Gasteiger partial charge is 0.492 e. The summed E-state index contributed by atoms with van der Waals surface area (Å²) in [6.45, 7) is 0.656. The predicted molar refractivity (Wildman–Crippen MR) is 87.7 cm³/mol. The Bertz CT molecular complexity index is 642. The molecule has 2 nitrogen and oxygen atoms in total. The zero-order chi connectivity index (χ0) is 13.9. The SMILES string of the molecule is NC(=S)c1ccccc1OCC1CSc2ccccc21. The highest BCUT2D eigenvalue weighted by Gasteiger charge is 2.23. The van der Waals surface area contributed by atoms with Crippen molar-refractivity contribution in [1.29, 1.82) is 0 Å². The number of thiocarbonyl (C=S) groups is 1. The number of benzene rings is 2. The molecule has 0 saturated heterocycles.